The molecule has 0 heteroatoms. The normalized spacial score (nSPS) is 13.7. The predicted molar refractivity (Wildman–Crippen MR) is 216 cm³/mol. The molecule has 0 saturated heterocycles. The number of aryl methyl sites for hydroxylation is 1. The SMILES string of the molecule is Cc1ccc2c(-c3ccc4c5cccc6cccc(c7cccc3c74)c65)c3ccccc3c(-c3ccc4c(c3)C(C)(C)c3ccccc3-4)c2c1. The second-order valence-corrected chi connectivity index (χ2v) is 14.9. The highest BCUT2D eigenvalue weighted by Crippen LogP contribution is 2.52. The third kappa shape index (κ3) is 3.56. The minimum atomic E-state index is -0.0598. The molecule has 0 fully saturated rings. The average molecular weight is 635 g/mol. The summed E-state index contributed by atoms with van der Waals surface area (Å²) in [5.41, 5.74) is 12.0. The Hall–Kier alpha value is -5.98. The summed E-state index contributed by atoms with van der Waals surface area (Å²) in [5.74, 6) is 0. The molecule has 11 rings (SSSR count). The van der Waals surface area contributed by atoms with Crippen molar-refractivity contribution >= 4 is 64.6 Å². The van der Waals surface area contributed by atoms with Crippen molar-refractivity contribution in [2.75, 3.05) is 0 Å². The van der Waals surface area contributed by atoms with Crippen LogP contribution in [0.4, 0.5) is 0 Å². The Labute approximate surface area is 291 Å². The Bertz CT molecular complexity index is 3010. The molecular formula is C50H34. The number of hydrogen-bond donors (Lipinski definition) is 0. The maximum Gasteiger partial charge on any atom is 0.0159 e. The summed E-state index contributed by atoms with van der Waals surface area (Å²) in [7, 11) is 0. The second-order valence-electron chi connectivity index (χ2n) is 14.9. The van der Waals surface area contributed by atoms with Crippen molar-refractivity contribution in [1.82, 2.24) is 0 Å². The van der Waals surface area contributed by atoms with Crippen LogP contribution < -0.4 is 0 Å². The minimum absolute atomic E-state index is 0.0598. The van der Waals surface area contributed by atoms with E-state index < -0.39 is 0 Å². The van der Waals surface area contributed by atoms with Gasteiger partial charge < -0.3 is 0 Å². The van der Waals surface area contributed by atoms with E-state index in [2.05, 4.69) is 172 Å². The van der Waals surface area contributed by atoms with Gasteiger partial charge in [0.2, 0.25) is 0 Å². The van der Waals surface area contributed by atoms with Crippen molar-refractivity contribution in [3.05, 3.63) is 168 Å². The Kier molecular flexibility index (Phi) is 5.47. The van der Waals surface area contributed by atoms with E-state index in [0.29, 0.717) is 0 Å². The largest absolute Gasteiger partial charge is 0.0619 e. The number of rotatable bonds is 2. The Balaban J connectivity index is 1.25. The lowest BCUT2D eigenvalue weighted by atomic mass is 9.80. The maximum absolute atomic E-state index is 2.49. The summed E-state index contributed by atoms with van der Waals surface area (Å²) in [5, 5.41) is 15.8. The van der Waals surface area contributed by atoms with Gasteiger partial charge in [-0.05, 0) is 122 Å². The molecule has 0 aliphatic heterocycles. The number of benzene rings is 10. The first-order valence-electron chi connectivity index (χ1n) is 17.8. The molecule has 0 spiro atoms. The molecule has 0 radical (unpaired) electrons. The van der Waals surface area contributed by atoms with Gasteiger partial charge in [-0.3, -0.25) is 0 Å². The van der Waals surface area contributed by atoms with E-state index in [1.807, 2.05) is 0 Å². The third-order valence-corrected chi connectivity index (χ3v) is 11.8. The fourth-order valence-corrected chi connectivity index (χ4v) is 9.62. The van der Waals surface area contributed by atoms with Crippen molar-refractivity contribution in [2.45, 2.75) is 26.2 Å². The van der Waals surface area contributed by atoms with Crippen molar-refractivity contribution in [3.63, 3.8) is 0 Å². The molecule has 0 aromatic heterocycles. The summed E-state index contributed by atoms with van der Waals surface area (Å²) >= 11 is 0. The minimum Gasteiger partial charge on any atom is -0.0619 e. The number of hydrogen-bond acceptors (Lipinski definition) is 0. The molecule has 0 saturated carbocycles. The molecule has 1 aliphatic rings. The molecule has 0 N–H and O–H groups in total. The zero-order valence-electron chi connectivity index (χ0n) is 28.4. The van der Waals surface area contributed by atoms with Gasteiger partial charge in [0, 0.05) is 5.41 Å². The van der Waals surface area contributed by atoms with Crippen LogP contribution in [0.1, 0.15) is 30.5 Å². The van der Waals surface area contributed by atoms with Gasteiger partial charge in [-0.2, -0.15) is 0 Å². The molecule has 10 aromatic carbocycles. The lowest BCUT2D eigenvalue weighted by molar-refractivity contribution is 0.660. The van der Waals surface area contributed by atoms with Gasteiger partial charge in [-0.25, -0.2) is 0 Å². The summed E-state index contributed by atoms with van der Waals surface area (Å²) in [6.45, 7) is 6.98. The highest BCUT2D eigenvalue weighted by Gasteiger charge is 2.35. The van der Waals surface area contributed by atoms with Gasteiger partial charge in [0.1, 0.15) is 0 Å². The standard InChI is InChI=1S/C50H34/c1-29-21-23-42-43(27-29)47(31-22-24-33-32-13-6-7-20-44(32)50(2,3)45(33)28-31)34-14-4-5-15-37(34)49(42)41-26-25-40-36-17-9-12-30-11-8-16-35(46(30)36)38-18-10-19-39(41)48(38)40/h4-28H,1-3H3. The van der Waals surface area contributed by atoms with Crippen LogP contribution in [0.2, 0.25) is 0 Å². The fraction of sp³-hybridized carbons (Fsp3) is 0.0800. The molecule has 234 valence electrons. The molecule has 0 bridgehead atoms. The molecular weight excluding hydrogens is 601 g/mol. The van der Waals surface area contributed by atoms with Gasteiger partial charge in [0.15, 0.2) is 0 Å². The Morgan fingerprint density at radius 3 is 1.72 bits per heavy atom. The van der Waals surface area contributed by atoms with Gasteiger partial charge in [-0.1, -0.05) is 165 Å². The highest BCUT2D eigenvalue weighted by atomic mass is 14.4. The van der Waals surface area contributed by atoms with Crippen molar-refractivity contribution < 1.29 is 0 Å². The van der Waals surface area contributed by atoms with Crippen LogP contribution in [-0.2, 0) is 5.41 Å². The molecule has 1 aliphatic carbocycles. The van der Waals surface area contributed by atoms with Crippen LogP contribution >= 0.6 is 0 Å². The van der Waals surface area contributed by atoms with E-state index in [1.165, 1.54) is 115 Å². The maximum atomic E-state index is 2.49. The third-order valence-electron chi connectivity index (χ3n) is 11.8. The van der Waals surface area contributed by atoms with E-state index in [0.717, 1.165) is 0 Å². The van der Waals surface area contributed by atoms with Crippen LogP contribution in [0, 0.1) is 6.92 Å². The predicted octanol–water partition coefficient (Wildman–Crippen LogP) is 14.0. The quantitative estimate of drug-likeness (QED) is 0.131. The molecule has 50 heavy (non-hydrogen) atoms. The number of fused-ring (bicyclic) bond motifs is 7. The first-order chi connectivity index (χ1) is 24.5. The van der Waals surface area contributed by atoms with Crippen LogP contribution in [0.15, 0.2) is 152 Å². The molecule has 0 nitrogen and oxygen atoms in total. The van der Waals surface area contributed by atoms with E-state index in [-0.39, 0.29) is 5.41 Å². The summed E-state index contributed by atoms with van der Waals surface area (Å²) in [6, 6.07) is 57.5. The molecule has 0 unspecified atom stereocenters. The topological polar surface area (TPSA) is 0 Å². The van der Waals surface area contributed by atoms with E-state index in [9.17, 15) is 0 Å². The molecule has 10 aromatic rings. The van der Waals surface area contributed by atoms with E-state index in [1.54, 1.807) is 0 Å². The highest BCUT2D eigenvalue weighted by molar-refractivity contribution is 6.35. The van der Waals surface area contributed by atoms with Crippen molar-refractivity contribution in [2.24, 2.45) is 0 Å². The fourth-order valence-electron chi connectivity index (χ4n) is 9.62. The van der Waals surface area contributed by atoms with Crippen LogP contribution in [0.3, 0.4) is 0 Å². The lowest BCUT2D eigenvalue weighted by Crippen LogP contribution is -2.14. The zero-order valence-corrected chi connectivity index (χ0v) is 28.4. The summed E-state index contributed by atoms with van der Waals surface area (Å²) in [6.07, 6.45) is 0. The molecule has 0 atom stereocenters. The summed E-state index contributed by atoms with van der Waals surface area (Å²) < 4.78 is 0. The van der Waals surface area contributed by atoms with Crippen LogP contribution in [0.25, 0.3) is 98.0 Å². The van der Waals surface area contributed by atoms with E-state index in [4.69, 9.17) is 0 Å². The van der Waals surface area contributed by atoms with Crippen molar-refractivity contribution in [3.8, 4) is 33.4 Å². The van der Waals surface area contributed by atoms with Gasteiger partial charge >= 0.3 is 0 Å². The lowest BCUT2D eigenvalue weighted by Gasteiger charge is -2.23. The first kappa shape index (κ1) is 27.9. The first-order valence-corrected chi connectivity index (χ1v) is 17.8. The molecule has 0 amide bonds. The second kappa shape index (κ2) is 9.80. The van der Waals surface area contributed by atoms with Crippen molar-refractivity contribution in [1.29, 1.82) is 0 Å². The average Bonchev–Trinajstić information content (AvgIpc) is 3.38. The monoisotopic (exact) mass is 634 g/mol. The van der Waals surface area contributed by atoms with Crippen LogP contribution in [-0.4, -0.2) is 0 Å². The van der Waals surface area contributed by atoms with Crippen LogP contribution in [0.5, 0.6) is 0 Å². The molecule has 0 heterocycles. The Morgan fingerprint density at radius 1 is 0.360 bits per heavy atom. The van der Waals surface area contributed by atoms with Gasteiger partial charge in [0.25, 0.3) is 0 Å². The Morgan fingerprint density at radius 2 is 0.920 bits per heavy atom. The van der Waals surface area contributed by atoms with E-state index >= 15 is 0 Å². The van der Waals surface area contributed by atoms with Gasteiger partial charge in [0.05, 0.1) is 0 Å². The van der Waals surface area contributed by atoms with Gasteiger partial charge in [-0.15, -0.1) is 0 Å². The zero-order chi connectivity index (χ0) is 33.3. The smallest absolute Gasteiger partial charge is 0.0159 e. The summed E-state index contributed by atoms with van der Waals surface area (Å²) in [4.78, 5) is 0.